The maximum Gasteiger partial charge on any atom is 0.237 e. The smallest absolute Gasteiger partial charge is 0.237 e. The summed E-state index contributed by atoms with van der Waals surface area (Å²) in [5, 5.41) is 18.3. The molecule has 2 aliphatic rings. The predicted octanol–water partition coefficient (Wildman–Crippen LogP) is 5.89. The fourth-order valence-electron chi connectivity index (χ4n) is 6.15. The SMILES string of the molecule is CC(C)NC(=O)CCCN1C(=CC2=C(O)C(=Cc3ccc4ccccc4[n+]3CCCC(=O)NC(C)(C)C)C(=O)C2=O)C=Cc2ccccc21. The molecule has 0 saturated heterocycles. The Morgan fingerprint density at radius 2 is 1.59 bits per heavy atom. The first-order valence-corrected chi connectivity index (χ1v) is 16.8. The molecule has 3 aromatic rings. The summed E-state index contributed by atoms with van der Waals surface area (Å²) in [6.45, 7) is 10.6. The number of nitrogens with zero attached hydrogens (tertiary/aromatic N) is 2. The van der Waals surface area contributed by atoms with Gasteiger partial charge < -0.3 is 20.6 Å². The van der Waals surface area contributed by atoms with E-state index >= 15 is 0 Å². The summed E-state index contributed by atoms with van der Waals surface area (Å²) >= 11 is 0. The standard InChI is InChI=1S/C40H44N4O5/c1-26(2)41-35(45)16-10-22-43-29(20-18-27-12-6-8-14-33(27)43)24-31-37(47)32(39(49)38(31)48)25-30-21-19-28-13-7-9-15-34(28)44(30)23-11-17-36(46)42-40(3,4)5/h6-9,12-15,18-21,24-26H,10-11,16-17,22-23H2,1-5H3,(H2-,41,42,45,46,47,48,49)/p+1. The van der Waals surface area contributed by atoms with Crippen molar-refractivity contribution >= 4 is 52.1 Å². The van der Waals surface area contributed by atoms with Gasteiger partial charge in [0, 0.05) is 72.4 Å². The van der Waals surface area contributed by atoms with Crippen LogP contribution < -0.4 is 20.1 Å². The number of benzene rings is 2. The van der Waals surface area contributed by atoms with E-state index in [1.54, 1.807) is 12.2 Å². The van der Waals surface area contributed by atoms with Crippen molar-refractivity contribution in [2.24, 2.45) is 0 Å². The Balaban J connectivity index is 1.47. The molecule has 0 bridgehead atoms. The van der Waals surface area contributed by atoms with Crippen LogP contribution in [0, 0.1) is 0 Å². The van der Waals surface area contributed by atoms with Crippen LogP contribution in [0.1, 0.15) is 71.6 Å². The minimum absolute atomic E-state index is 0.0350. The highest BCUT2D eigenvalue weighted by Crippen LogP contribution is 2.34. The second-order valence-corrected chi connectivity index (χ2v) is 13.8. The molecule has 2 aromatic carbocycles. The van der Waals surface area contributed by atoms with E-state index in [0.29, 0.717) is 50.2 Å². The summed E-state index contributed by atoms with van der Waals surface area (Å²) in [7, 11) is 0. The molecule has 1 aliphatic carbocycles. The van der Waals surface area contributed by atoms with Crippen molar-refractivity contribution in [2.45, 2.75) is 78.4 Å². The first-order valence-electron chi connectivity index (χ1n) is 16.8. The van der Waals surface area contributed by atoms with Crippen molar-refractivity contribution in [3.8, 4) is 0 Å². The van der Waals surface area contributed by atoms with Gasteiger partial charge in [-0.1, -0.05) is 36.4 Å². The number of nitrogens with one attached hydrogen (secondary N) is 2. The molecule has 9 nitrogen and oxygen atoms in total. The van der Waals surface area contributed by atoms with E-state index in [4.69, 9.17) is 0 Å². The quantitative estimate of drug-likeness (QED) is 0.134. The third-order valence-corrected chi connectivity index (χ3v) is 8.27. The van der Waals surface area contributed by atoms with E-state index in [2.05, 4.69) is 10.6 Å². The zero-order chi connectivity index (χ0) is 35.3. The summed E-state index contributed by atoms with van der Waals surface area (Å²) < 4.78 is 2.01. The van der Waals surface area contributed by atoms with E-state index < -0.39 is 11.6 Å². The number of para-hydroxylation sites is 2. The number of carbonyl (C=O) groups is 4. The highest BCUT2D eigenvalue weighted by molar-refractivity contribution is 6.54. The van der Waals surface area contributed by atoms with Crippen LogP contribution in [0.15, 0.2) is 95.4 Å². The Bertz CT molecular complexity index is 1930. The molecule has 0 radical (unpaired) electrons. The fraction of sp³-hybridized carbons (Fsp3) is 0.325. The predicted molar refractivity (Wildman–Crippen MR) is 192 cm³/mol. The zero-order valence-electron chi connectivity index (χ0n) is 28.9. The van der Waals surface area contributed by atoms with Gasteiger partial charge in [-0.05, 0) is 77.0 Å². The summed E-state index contributed by atoms with van der Waals surface area (Å²) in [6.07, 6.45) is 8.64. The second-order valence-electron chi connectivity index (χ2n) is 13.8. The monoisotopic (exact) mass is 661 g/mol. The Hall–Kier alpha value is -5.31. The summed E-state index contributed by atoms with van der Waals surface area (Å²) in [6, 6.07) is 19.5. The fourth-order valence-corrected chi connectivity index (χ4v) is 6.15. The maximum absolute atomic E-state index is 13.4. The minimum Gasteiger partial charge on any atom is -0.506 e. The van der Waals surface area contributed by atoms with Gasteiger partial charge in [-0.25, -0.2) is 0 Å². The molecule has 3 N–H and O–H groups in total. The molecule has 0 spiro atoms. The number of carbonyl (C=O) groups excluding carboxylic acids is 4. The molecule has 1 aromatic heterocycles. The lowest BCUT2D eigenvalue weighted by atomic mass is 10.0. The Morgan fingerprint density at radius 1 is 0.878 bits per heavy atom. The number of aliphatic hydroxyl groups is 1. The number of ketones is 2. The van der Waals surface area contributed by atoms with Gasteiger partial charge in [-0.2, -0.15) is 4.57 Å². The lowest BCUT2D eigenvalue weighted by Crippen LogP contribution is -2.42. The van der Waals surface area contributed by atoms with Crippen molar-refractivity contribution in [2.75, 3.05) is 11.4 Å². The Labute approximate surface area is 287 Å². The lowest BCUT2D eigenvalue weighted by molar-refractivity contribution is -0.673. The zero-order valence-corrected chi connectivity index (χ0v) is 28.9. The number of amides is 2. The lowest BCUT2D eigenvalue weighted by Gasteiger charge is -2.30. The Morgan fingerprint density at radius 3 is 2.35 bits per heavy atom. The third-order valence-electron chi connectivity index (χ3n) is 8.27. The van der Waals surface area contributed by atoms with Crippen LogP contribution in [0.4, 0.5) is 5.69 Å². The summed E-state index contributed by atoms with van der Waals surface area (Å²) in [5.41, 5.74) is 3.55. The van der Waals surface area contributed by atoms with Gasteiger partial charge in [0.1, 0.15) is 12.3 Å². The van der Waals surface area contributed by atoms with Gasteiger partial charge in [-0.15, -0.1) is 0 Å². The van der Waals surface area contributed by atoms with E-state index in [1.807, 2.05) is 117 Å². The number of aliphatic hydroxyl groups excluding tert-OH is 1. The first kappa shape index (κ1) is 35.0. The number of hydrogen-bond acceptors (Lipinski definition) is 6. The number of Topliss-reactive ketones (excluding diaryl/α,β-unsaturated/α-hetero) is 2. The molecular weight excluding hydrogens is 616 g/mol. The van der Waals surface area contributed by atoms with Crippen LogP contribution in [-0.4, -0.2) is 46.6 Å². The Kier molecular flexibility index (Phi) is 10.6. The van der Waals surface area contributed by atoms with E-state index in [1.165, 1.54) is 0 Å². The van der Waals surface area contributed by atoms with Crippen LogP contribution in [0.3, 0.4) is 0 Å². The molecule has 5 rings (SSSR count). The van der Waals surface area contributed by atoms with Gasteiger partial charge in [0.15, 0.2) is 0 Å². The summed E-state index contributed by atoms with van der Waals surface area (Å²) in [5.74, 6) is -2.03. The normalized spacial score (nSPS) is 16.3. The highest BCUT2D eigenvalue weighted by atomic mass is 16.3. The van der Waals surface area contributed by atoms with Gasteiger partial charge in [0.25, 0.3) is 0 Å². The van der Waals surface area contributed by atoms with E-state index in [9.17, 15) is 24.3 Å². The molecule has 49 heavy (non-hydrogen) atoms. The average Bonchev–Trinajstić information content (AvgIpc) is 3.23. The summed E-state index contributed by atoms with van der Waals surface area (Å²) in [4.78, 5) is 53.7. The van der Waals surface area contributed by atoms with Crippen LogP contribution in [0.2, 0.25) is 0 Å². The molecule has 0 unspecified atom stereocenters. The van der Waals surface area contributed by atoms with Crippen LogP contribution in [-0.2, 0) is 25.7 Å². The first-order chi connectivity index (χ1) is 23.3. The molecule has 0 saturated carbocycles. The third kappa shape index (κ3) is 8.41. The number of allylic oxidation sites excluding steroid dienone is 4. The van der Waals surface area contributed by atoms with Gasteiger partial charge in [0.05, 0.1) is 11.1 Å². The number of rotatable bonds is 11. The van der Waals surface area contributed by atoms with Crippen molar-refractivity contribution in [1.82, 2.24) is 10.6 Å². The molecule has 0 atom stereocenters. The number of aromatic nitrogens is 1. The number of fused-ring (bicyclic) bond motifs is 2. The molecule has 0 fully saturated rings. The number of hydrogen-bond donors (Lipinski definition) is 3. The van der Waals surface area contributed by atoms with Crippen molar-refractivity contribution < 1.29 is 28.9 Å². The topological polar surface area (TPSA) is 120 Å². The number of anilines is 1. The average molecular weight is 662 g/mol. The molecule has 9 heteroatoms. The van der Waals surface area contributed by atoms with Crippen molar-refractivity contribution in [3.05, 3.63) is 107 Å². The van der Waals surface area contributed by atoms with Crippen molar-refractivity contribution in [1.29, 1.82) is 0 Å². The number of aryl methyl sites for hydroxylation is 1. The maximum atomic E-state index is 13.4. The molecule has 254 valence electrons. The number of pyridine rings is 1. The van der Waals surface area contributed by atoms with Gasteiger partial charge >= 0.3 is 0 Å². The molecular formula is C40H45N4O5+. The van der Waals surface area contributed by atoms with E-state index in [0.717, 1.165) is 22.2 Å². The molecule has 1 aliphatic heterocycles. The minimum atomic E-state index is -0.786. The van der Waals surface area contributed by atoms with Gasteiger partial charge in [0.2, 0.25) is 34.6 Å². The van der Waals surface area contributed by atoms with Crippen LogP contribution in [0.25, 0.3) is 23.1 Å². The van der Waals surface area contributed by atoms with E-state index in [-0.39, 0.29) is 40.3 Å². The van der Waals surface area contributed by atoms with Gasteiger partial charge in [-0.3, -0.25) is 19.2 Å². The molecule has 2 heterocycles. The van der Waals surface area contributed by atoms with Crippen LogP contribution >= 0.6 is 0 Å². The highest BCUT2D eigenvalue weighted by Gasteiger charge is 2.37. The van der Waals surface area contributed by atoms with Crippen molar-refractivity contribution in [3.63, 3.8) is 0 Å². The molecule has 2 amide bonds. The largest absolute Gasteiger partial charge is 0.506 e. The van der Waals surface area contributed by atoms with Crippen LogP contribution in [0.5, 0.6) is 0 Å². The second kappa shape index (κ2) is 14.8.